The van der Waals surface area contributed by atoms with Crippen LogP contribution in [0.15, 0.2) is 82.3 Å². The summed E-state index contributed by atoms with van der Waals surface area (Å²) in [5.41, 5.74) is 4.61. The first-order valence-corrected chi connectivity index (χ1v) is 11.5. The number of aliphatic imine (C=N–C) groups is 1. The first-order valence-electron chi connectivity index (χ1n) is 11.5. The molecule has 0 fully saturated rings. The number of oxazole rings is 1. The molecule has 8 heteroatoms. The molecule has 37 heavy (non-hydrogen) atoms. The third kappa shape index (κ3) is 6.43. The van der Waals surface area contributed by atoms with E-state index in [4.69, 9.17) is 9.52 Å². The van der Waals surface area contributed by atoms with Crippen LogP contribution in [0.2, 0.25) is 0 Å². The molecule has 1 heterocycles. The van der Waals surface area contributed by atoms with Gasteiger partial charge in [-0.15, -0.1) is 0 Å². The number of aromatic nitrogens is 1. The quantitative estimate of drug-likeness (QED) is 0.218. The number of hydrogen-bond acceptors (Lipinski definition) is 5. The summed E-state index contributed by atoms with van der Waals surface area (Å²) in [6, 6.07) is 16.7. The Morgan fingerprint density at radius 1 is 1.14 bits per heavy atom. The molecule has 0 aliphatic rings. The van der Waals surface area contributed by atoms with Crippen LogP contribution >= 0.6 is 0 Å². The van der Waals surface area contributed by atoms with E-state index >= 15 is 0 Å². The number of fused-ring (bicyclic) bond motifs is 1. The molecule has 0 aliphatic heterocycles. The number of halogens is 1. The Hall–Kier alpha value is -4.85. The lowest BCUT2D eigenvalue weighted by Crippen LogP contribution is -2.07. The van der Waals surface area contributed by atoms with Gasteiger partial charge >= 0.3 is 5.97 Å². The lowest BCUT2D eigenvalue weighted by atomic mass is 10.1. The highest BCUT2D eigenvalue weighted by atomic mass is 19.1. The Morgan fingerprint density at radius 3 is 2.73 bits per heavy atom. The number of carbonyl (C=O) groups excluding carboxylic acids is 1. The maximum atomic E-state index is 14.9. The molecule has 0 aliphatic carbocycles. The van der Waals surface area contributed by atoms with Gasteiger partial charge in [0.25, 0.3) is 0 Å². The van der Waals surface area contributed by atoms with Crippen LogP contribution in [-0.4, -0.2) is 28.2 Å². The van der Waals surface area contributed by atoms with Crippen molar-refractivity contribution in [3.8, 4) is 11.5 Å². The number of amides is 1. The monoisotopic (exact) mass is 497 g/mol. The van der Waals surface area contributed by atoms with Crippen molar-refractivity contribution < 1.29 is 23.5 Å². The summed E-state index contributed by atoms with van der Waals surface area (Å²) in [4.78, 5) is 31.8. The van der Waals surface area contributed by atoms with Crippen molar-refractivity contribution in [3.05, 3.63) is 95.4 Å². The summed E-state index contributed by atoms with van der Waals surface area (Å²) in [7, 11) is 0. The second-order valence-electron chi connectivity index (χ2n) is 8.25. The molecule has 4 aromatic rings. The SMILES string of the molecule is CC=N/C=C(\C)c1cccc(NC(=O)/C=C/c2ccc(-c3nc4cc(CC(=O)O)ccc4o3)c(F)c2)c1. The van der Waals surface area contributed by atoms with Crippen molar-refractivity contribution in [2.24, 2.45) is 4.99 Å². The van der Waals surface area contributed by atoms with E-state index in [2.05, 4.69) is 15.3 Å². The van der Waals surface area contributed by atoms with Crippen LogP contribution in [0.25, 0.3) is 34.2 Å². The van der Waals surface area contributed by atoms with Crippen LogP contribution < -0.4 is 5.32 Å². The molecule has 0 bridgehead atoms. The highest BCUT2D eigenvalue weighted by Gasteiger charge is 2.14. The topological polar surface area (TPSA) is 105 Å². The van der Waals surface area contributed by atoms with Gasteiger partial charge in [-0.1, -0.05) is 24.3 Å². The van der Waals surface area contributed by atoms with Gasteiger partial charge < -0.3 is 14.8 Å². The number of nitrogens with zero attached hydrogens (tertiary/aromatic N) is 2. The Bertz CT molecular complexity index is 1570. The molecule has 7 nitrogen and oxygen atoms in total. The summed E-state index contributed by atoms with van der Waals surface area (Å²) in [6.45, 7) is 3.77. The molecule has 0 spiro atoms. The zero-order valence-electron chi connectivity index (χ0n) is 20.2. The van der Waals surface area contributed by atoms with Gasteiger partial charge in [0.05, 0.1) is 12.0 Å². The maximum absolute atomic E-state index is 14.9. The molecule has 1 aromatic heterocycles. The zero-order chi connectivity index (χ0) is 26.4. The average molecular weight is 498 g/mol. The van der Waals surface area contributed by atoms with Crippen LogP contribution in [0, 0.1) is 5.82 Å². The average Bonchev–Trinajstić information content (AvgIpc) is 3.29. The van der Waals surface area contributed by atoms with Crippen molar-refractivity contribution in [1.29, 1.82) is 0 Å². The van der Waals surface area contributed by atoms with Crippen LogP contribution in [0.5, 0.6) is 0 Å². The Morgan fingerprint density at radius 2 is 1.97 bits per heavy atom. The van der Waals surface area contributed by atoms with E-state index in [1.807, 2.05) is 32.0 Å². The van der Waals surface area contributed by atoms with E-state index in [0.29, 0.717) is 27.9 Å². The van der Waals surface area contributed by atoms with Gasteiger partial charge in [0.15, 0.2) is 5.58 Å². The number of carboxylic acid groups (broad SMARTS) is 1. The third-order valence-corrected chi connectivity index (χ3v) is 5.46. The smallest absolute Gasteiger partial charge is 0.307 e. The van der Waals surface area contributed by atoms with Gasteiger partial charge in [-0.25, -0.2) is 9.37 Å². The molecule has 0 saturated heterocycles. The number of carboxylic acids is 1. The molecule has 1 amide bonds. The van der Waals surface area contributed by atoms with E-state index in [-0.39, 0.29) is 23.8 Å². The minimum atomic E-state index is -0.954. The highest BCUT2D eigenvalue weighted by Crippen LogP contribution is 2.28. The molecule has 0 atom stereocenters. The summed E-state index contributed by atoms with van der Waals surface area (Å²) in [6.07, 6.45) is 6.14. The second-order valence-corrected chi connectivity index (χ2v) is 8.25. The van der Waals surface area contributed by atoms with E-state index in [9.17, 15) is 14.0 Å². The summed E-state index contributed by atoms with van der Waals surface area (Å²) in [5.74, 6) is -1.79. The molecular weight excluding hydrogens is 473 g/mol. The maximum Gasteiger partial charge on any atom is 0.307 e. The first kappa shape index (κ1) is 25.2. The normalized spacial score (nSPS) is 12.0. The molecule has 0 radical (unpaired) electrons. The van der Waals surface area contributed by atoms with Crippen LogP contribution in [0.1, 0.15) is 30.5 Å². The van der Waals surface area contributed by atoms with E-state index < -0.39 is 11.8 Å². The standard InChI is InChI=1S/C29H24FN3O4/c1-3-31-17-18(2)21-5-4-6-22(16-21)32-27(34)12-9-19-7-10-23(24(30)13-19)29-33-25-14-20(15-28(35)36)8-11-26(25)37-29/h3-14,16-17H,15H2,1-2H3,(H,32,34)(H,35,36)/b12-9+,18-17+,31-3?. The Kier molecular flexibility index (Phi) is 7.68. The second kappa shape index (κ2) is 11.3. The number of aliphatic carboxylic acids is 1. The fourth-order valence-corrected chi connectivity index (χ4v) is 3.64. The molecular formula is C29H24FN3O4. The number of carbonyl (C=O) groups is 2. The summed E-state index contributed by atoms with van der Waals surface area (Å²) in [5, 5.41) is 11.8. The highest BCUT2D eigenvalue weighted by molar-refractivity contribution is 6.02. The van der Waals surface area contributed by atoms with E-state index in [1.165, 1.54) is 24.3 Å². The van der Waals surface area contributed by atoms with Crippen molar-refractivity contribution in [3.63, 3.8) is 0 Å². The molecule has 3 aromatic carbocycles. The van der Waals surface area contributed by atoms with Crippen LogP contribution in [0.4, 0.5) is 10.1 Å². The number of hydrogen-bond donors (Lipinski definition) is 2. The Balaban J connectivity index is 1.46. The van der Waals surface area contributed by atoms with Gasteiger partial charge in [0.1, 0.15) is 11.3 Å². The lowest BCUT2D eigenvalue weighted by Gasteiger charge is -2.06. The van der Waals surface area contributed by atoms with Gasteiger partial charge in [0, 0.05) is 24.2 Å². The fraction of sp³-hybridized carbons (Fsp3) is 0.103. The largest absolute Gasteiger partial charge is 0.481 e. The van der Waals surface area contributed by atoms with Crippen molar-refractivity contribution >= 4 is 46.5 Å². The fourth-order valence-electron chi connectivity index (χ4n) is 3.64. The number of anilines is 1. The lowest BCUT2D eigenvalue weighted by molar-refractivity contribution is -0.136. The van der Waals surface area contributed by atoms with Gasteiger partial charge in [-0.3, -0.25) is 14.6 Å². The summed E-state index contributed by atoms with van der Waals surface area (Å²) < 4.78 is 20.5. The van der Waals surface area contributed by atoms with Crippen molar-refractivity contribution in [2.75, 3.05) is 5.32 Å². The molecule has 186 valence electrons. The first-order chi connectivity index (χ1) is 17.8. The van der Waals surface area contributed by atoms with E-state index in [0.717, 1.165) is 11.1 Å². The molecule has 2 N–H and O–H groups in total. The molecule has 4 rings (SSSR count). The van der Waals surface area contributed by atoms with Crippen molar-refractivity contribution in [2.45, 2.75) is 20.3 Å². The predicted molar refractivity (Wildman–Crippen MR) is 143 cm³/mol. The van der Waals surface area contributed by atoms with Crippen molar-refractivity contribution in [1.82, 2.24) is 4.98 Å². The number of benzene rings is 3. The van der Waals surface area contributed by atoms with Crippen LogP contribution in [-0.2, 0) is 16.0 Å². The Labute approximate surface area is 212 Å². The van der Waals surface area contributed by atoms with Gasteiger partial charge in [-0.2, -0.15) is 0 Å². The number of allylic oxidation sites excluding steroid dienone is 1. The molecule has 0 unspecified atom stereocenters. The van der Waals surface area contributed by atoms with E-state index in [1.54, 1.807) is 42.7 Å². The minimum Gasteiger partial charge on any atom is -0.481 e. The number of nitrogens with one attached hydrogen (secondary N) is 1. The summed E-state index contributed by atoms with van der Waals surface area (Å²) >= 11 is 0. The zero-order valence-corrected chi connectivity index (χ0v) is 20.2. The van der Waals surface area contributed by atoms with Gasteiger partial charge in [-0.05, 0) is 78.6 Å². The number of rotatable bonds is 8. The minimum absolute atomic E-state index is 0.0853. The predicted octanol–water partition coefficient (Wildman–Crippen LogP) is 6.36. The van der Waals surface area contributed by atoms with Crippen LogP contribution in [0.3, 0.4) is 0 Å². The molecule has 0 saturated carbocycles. The third-order valence-electron chi connectivity index (χ3n) is 5.46. The van der Waals surface area contributed by atoms with Gasteiger partial charge in [0.2, 0.25) is 11.8 Å².